The molecule has 2 aliphatic heterocycles. The van der Waals surface area contributed by atoms with E-state index in [0.29, 0.717) is 30.4 Å². The molecular formula is C28H36N6O7. The van der Waals surface area contributed by atoms with Crippen LogP contribution in [-0.4, -0.2) is 107 Å². The predicted octanol–water partition coefficient (Wildman–Crippen LogP) is 2.00. The number of carboxylic acids is 1. The third-order valence-corrected chi connectivity index (χ3v) is 6.89. The number of nitrogens with one attached hydrogen (secondary N) is 2. The highest BCUT2D eigenvalue weighted by molar-refractivity contribution is 5.97. The van der Waals surface area contributed by atoms with Crippen molar-refractivity contribution in [3.05, 3.63) is 42.1 Å². The standard InChI is InChI=1S/C28H36N6O7/c1-2-40-28(39)34-14-12-33(13-15-34)27(38)21(10-11-24(35)36)31-26(37)22-17-23(29-18-20-9-6-16-41-20)32-25(30-22)19-7-4-3-5-8-19/h3-5,7-8,17,20-21H,2,6,9-16,18H2,1H3,(H,31,37)(H,35,36)(H,29,30,32). The molecule has 0 radical (unpaired) electrons. The summed E-state index contributed by atoms with van der Waals surface area (Å²) in [4.78, 5) is 62.3. The molecule has 0 aliphatic carbocycles. The Kier molecular flexibility index (Phi) is 10.4. The molecule has 2 aromatic rings. The van der Waals surface area contributed by atoms with E-state index < -0.39 is 29.9 Å². The van der Waals surface area contributed by atoms with Crippen LogP contribution in [0.25, 0.3) is 11.4 Å². The third kappa shape index (κ3) is 8.37. The quantitative estimate of drug-likeness (QED) is 0.365. The molecule has 3 N–H and O–H groups in total. The van der Waals surface area contributed by atoms with Crippen LogP contribution >= 0.6 is 0 Å². The van der Waals surface area contributed by atoms with Crippen LogP contribution in [0.1, 0.15) is 43.1 Å². The normalized spacial score (nSPS) is 17.5. The van der Waals surface area contributed by atoms with Crippen molar-refractivity contribution in [2.24, 2.45) is 0 Å². The topological polar surface area (TPSA) is 163 Å². The fraction of sp³-hybridized carbons (Fsp3) is 0.500. The van der Waals surface area contributed by atoms with E-state index in [0.717, 1.165) is 12.8 Å². The summed E-state index contributed by atoms with van der Waals surface area (Å²) in [7, 11) is 0. The van der Waals surface area contributed by atoms with Crippen molar-refractivity contribution in [2.75, 3.05) is 51.3 Å². The van der Waals surface area contributed by atoms with E-state index in [1.54, 1.807) is 6.92 Å². The minimum absolute atomic E-state index is 0.0361. The number of rotatable bonds is 11. The van der Waals surface area contributed by atoms with Crippen molar-refractivity contribution < 1.29 is 33.8 Å². The molecular weight excluding hydrogens is 532 g/mol. The molecule has 1 aromatic carbocycles. The smallest absolute Gasteiger partial charge is 0.409 e. The lowest BCUT2D eigenvalue weighted by Crippen LogP contribution is -2.56. The van der Waals surface area contributed by atoms with E-state index in [4.69, 9.17) is 9.47 Å². The number of hydrogen-bond acceptors (Lipinski definition) is 9. The summed E-state index contributed by atoms with van der Waals surface area (Å²) in [6.07, 6.45) is 1.11. The Labute approximate surface area is 238 Å². The Morgan fingerprint density at radius 3 is 2.49 bits per heavy atom. The molecule has 0 saturated carbocycles. The van der Waals surface area contributed by atoms with Gasteiger partial charge < -0.3 is 35.0 Å². The van der Waals surface area contributed by atoms with Crippen LogP contribution in [0.4, 0.5) is 10.6 Å². The van der Waals surface area contributed by atoms with Crippen LogP contribution in [0.15, 0.2) is 36.4 Å². The van der Waals surface area contributed by atoms with Crippen LogP contribution < -0.4 is 10.6 Å². The Morgan fingerprint density at radius 1 is 1.10 bits per heavy atom. The number of carboxylic acid groups (broad SMARTS) is 1. The number of carbonyl (C=O) groups excluding carboxylic acids is 3. The van der Waals surface area contributed by atoms with Gasteiger partial charge in [-0.1, -0.05) is 30.3 Å². The maximum absolute atomic E-state index is 13.5. The fourth-order valence-electron chi connectivity index (χ4n) is 4.70. The lowest BCUT2D eigenvalue weighted by molar-refractivity contribution is -0.138. The molecule has 13 nitrogen and oxygen atoms in total. The van der Waals surface area contributed by atoms with Crippen LogP contribution in [0, 0.1) is 0 Å². The molecule has 2 unspecified atom stereocenters. The molecule has 13 heteroatoms. The Morgan fingerprint density at radius 2 is 1.83 bits per heavy atom. The van der Waals surface area contributed by atoms with Gasteiger partial charge in [-0.15, -0.1) is 0 Å². The summed E-state index contributed by atoms with van der Waals surface area (Å²) in [6.45, 7) is 4.22. The molecule has 3 heterocycles. The molecule has 2 saturated heterocycles. The molecule has 220 valence electrons. The van der Waals surface area contributed by atoms with Crippen molar-refractivity contribution in [3.63, 3.8) is 0 Å². The lowest BCUT2D eigenvalue weighted by Gasteiger charge is -2.35. The minimum atomic E-state index is -1.09. The zero-order valence-electron chi connectivity index (χ0n) is 23.1. The molecule has 3 amide bonds. The zero-order chi connectivity index (χ0) is 29.2. The molecule has 2 fully saturated rings. The first-order valence-corrected chi connectivity index (χ1v) is 13.9. The zero-order valence-corrected chi connectivity index (χ0v) is 23.1. The number of aliphatic carboxylic acids is 1. The summed E-state index contributed by atoms with van der Waals surface area (Å²) in [6, 6.07) is 9.62. The molecule has 2 aliphatic rings. The van der Waals surface area contributed by atoms with Gasteiger partial charge in [0, 0.05) is 57.4 Å². The van der Waals surface area contributed by atoms with Gasteiger partial charge in [-0.25, -0.2) is 14.8 Å². The van der Waals surface area contributed by atoms with E-state index in [9.17, 15) is 24.3 Å². The summed E-state index contributed by atoms with van der Waals surface area (Å²) >= 11 is 0. The largest absolute Gasteiger partial charge is 0.481 e. The van der Waals surface area contributed by atoms with Crippen molar-refractivity contribution in [1.82, 2.24) is 25.1 Å². The number of amides is 3. The van der Waals surface area contributed by atoms with Gasteiger partial charge >= 0.3 is 12.1 Å². The Hall–Kier alpha value is -4.26. The van der Waals surface area contributed by atoms with Crippen molar-refractivity contribution >= 4 is 29.7 Å². The number of nitrogens with zero attached hydrogens (tertiary/aromatic N) is 4. The number of benzene rings is 1. The number of piperazine rings is 1. The highest BCUT2D eigenvalue weighted by Crippen LogP contribution is 2.20. The van der Waals surface area contributed by atoms with Crippen LogP contribution in [0.5, 0.6) is 0 Å². The minimum Gasteiger partial charge on any atom is -0.481 e. The molecule has 4 rings (SSSR count). The molecule has 1 aromatic heterocycles. The van der Waals surface area contributed by atoms with E-state index in [2.05, 4.69) is 20.6 Å². The summed E-state index contributed by atoms with van der Waals surface area (Å²) in [5, 5.41) is 15.2. The average molecular weight is 569 g/mol. The number of ether oxygens (including phenoxy) is 2. The highest BCUT2D eigenvalue weighted by Gasteiger charge is 2.31. The number of hydrogen-bond donors (Lipinski definition) is 3. The summed E-state index contributed by atoms with van der Waals surface area (Å²) in [5.41, 5.74) is 0.745. The van der Waals surface area contributed by atoms with Gasteiger partial charge in [0.2, 0.25) is 5.91 Å². The van der Waals surface area contributed by atoms with E-state index in [-0.39, 0.29) is 57.4 Å². The predicted molar refractivity (Wildman–Crippen MR) is 148 cm³/mol. The number of carbonyl (C=O) groups is 4. The average Bonchev–Trinajstić information content (AvgIpc) is 3.52. The van der Waals surface area contributed by atoms with Crippen LogP contribution in [0.2, 0.25) is 0 Å². The van der Waals surface area contributed by atoms with Gasteiger partial charge in [-0.3, -0.25) is 14.4 Å². The Balaban J connectivity index is 1.50. The van der Waals surface area contributed by atoms with Gasteiger partial charge in [0.1, 0.15) is 17.6 Å². The fourth-order valence-corrected chi connectivity index (χ4v) is 4.70. The maximum Gasteiger partial charge on any atom is 0.409 e. The van der Waals surface area contributed by atoms with Crippen LogP contribution in [0.3, 0.4) is 0 Å². The lowest BCUT2D eigenvalue weighted by atomic mass is 10.1. The van der Waals surface area contributed by atoms with Crippen molar-refractivity contribution in [1.29, 1.82) is 0 Å². The van der Waals surface area contributed by atoms with Gasteiger partial charge in [0.05, 0.1) is 12.7 Å². The third-order valence-electron chi connectivity index (χ3n) is 6.89. The number of anilines is 1. The first-order valence-electron chi connectivity index (χ1n) is 13.9. The second-order valence-corrected chi connectivity index (χ2v) is 9.81. The van der Waals surface area contributed by atoms with Gasteiger partial charge in [-0.2, -0.15) is 0 Å². The maximum atomic E-state index is 13.5. The monoisotopic (exact) mass is 568 g/mol. The SMILES string of the molecule is CCOC(=O)N1CCN(C(=O)C(CCC(=O)O)NC(=O)c2cc(NCC3CCCO3)nc(-c3ccccc3)n2)CC1. The summed E-state index contributed by atoms with van der Waals surface area (Å²) < 4.78 is 10.7. The second kappa shape index (κ2) is 14.4. The van der Waals surface area contributed by atoms with E-state index >= 15 is 0 Å². The number of aromatic nitrogens is 2. The first-order chi connectivity index (χ1) is 19.8. The van der Waals surface area contributed by atoms with E-state index in [1.165, 1.54) is 15.9 Å². The van der Waals surface area contributed by atoms with E-state index in [1.807, 2.05) is 30.3 Å². The first kappa shape index (κ1) is 29.7. The molecule has 2 atom stereocenters. The second-order valence-electron chi connectivity index (χ2n) is 9.81. The molecule has 41 heavy (non-hydrogen) atoms. The summed E-state index contributed by atoms with van der Waals surface area (Å²) in [5.74, 6) is -1.37. The molecule has 0 bridgehead atoms. The van der Waals surface area contributed by atoms with Gasteiger partial charge in [-0.05, 0) is 26.2 Å². The van der Waals surface area contributed by atoms with Crippen molar-refractivity contribution in [2.45, 2.75) is 44.8 Å². The van der Waals surface area contributed by atoms with Gasteiger partial charge in [0.15, 0.2) is 5.82 Å². The molecule has 0 spiro atoms. The van der Waals surface area contributed by atoms with Crippen LogP contribution in [-0.2, 0) is 19.1 Å². The van der Waals surface area contributed by atoms with Crippen molar-refractivity contribution in [3.8, 4) is 11.4 Å². The highest BCUT2D eigenvalue weighted by atomic mass is 16.6. The van der Waals surface area contributed by atoms with Gasteiger partial charge in [0.25, 0.3) is 5.91 Å². The Bertz CT molecular complexity index is 1210.